The van der Waals surface area contributed by atoms with Crippen molar-refractivity contribution in [3.8, 4) is 9.88 Å². The number of rotatable bonds is 3. The van der Waals surface area contributed by atoms with Gasteiger partial charge in [0.2, 0.25) is 0 Å². The molecule has 2 heterocycles. The summed E-state index contributed by atoms with van der Waals surface area (Å²) in [5, 5.41) is 12.7. The molecule has 0 aliphatic heterocycles. The molecule has 80 valence electrons. The number of aryl methyl sites for hydroxylation is 1. The van der Waals surface area contributed by atoms with Crippen LogP contribution in [0.15, 0.2) is 11.4 Å². The lowest BCUT2D eigenvalue weighted by Crippen LogP contribution is -1.84. The zero-order valence-electron chi connectivity index (χ0n) is 8.53. The Hall–Kier alpha value is -0.260. The van der Waals surface area contributed by atoms with E-state index in [-0.39, 0.29) is 0 Å². The van der Waals surface area contributed by atoms with E-state index in [1.807, 2.05) is 0 Å². The summed E-state index contributed by atoms with van der Waals surface area (Å²) in [4.78, 5) is 1.55. The SMILES string of the molecule is CCC(Br)c1nnc(-c2cc(C)cs2)s1. The Kier molecular flexibility index (Phi) is 3.53. The largest absolute Gasteiger partial charge is 0.157 e. The quantitative estimate of drug-likeness (QED) is 0.784. The van der Waals surface area contributed by atoms with Gasteiger partial charge < -0.3 is 0 Å². The van der Waals surface area contributed by atoms with Crippen LogP contribution in [0, 0.1) is 6.92 Å². The third kappa shape index (κ3) is 2.46. The van der Waals surface area contributed by atoms with E-state index in [0.717, 1.165) is 16.4 Å². The lowest BCUT2D eigenvalue weighted by atomic mass is 10.3. The van der Waals surface area contributed by atoms with Gasteiger partial charge in [0.05, 0.1) is 9.70 Å². The molecule has 0 saturated heterocycles. The molecule has 2 rings (SSSR count). The van der Waals surface area contributed by atoms with E-state index in [2.05, 4.69) is 51.4 Å². The number of aromatic nitrogens is 2. The molecule has 0 amide bonds. The van der Waals surface area contributed by atoms with Gasteiger partial charge in [0.15, 0.2) is 5.01 Å². The Balaban J connectivity index is 2.27. The molecule has 5 heteroatoms. The standard InChI is InChI=1S/C10H11BrN2S2/c1-3-7(11)9-12-13-10(15-9)8-4-6(2)5-14-8/h4-5,7H,3H2,1-2H3. The van der Waals surface area contributed by atoms with Crippen LogP contribution in [0.5, 0.6) is 0 Å². The minimum Gasteiger partial charge on any atom is -0.142 e. The molecule has 0 fully saturated rings. The van der Waals surface area contributed by atoms with Gasteiger partial charge in [0, 0.05) is 0 Å². The Labute approximate surface area is 106 Å². The average Bonchev–Trinajstić information content (AvgIpc) is 2.84. The minimum absolute atomic E-state index is 0.338. The molecule has 0 spiro atoms. The second-order valence-electron chi connectivity index (χ2n) is 3.31. The van der Waals surface area contributed by atoms with Gasteiger partial charge in [-0.15, -0.1) is 21.5 Å². The van der Waals surface area contributed by atoms with Gasteiger partial charge in [0.1, 0.15) is 5.01 Å². The van der Waals surface area contributed by atoms with Gasteiger partial charge >= 0.3 is 0 Å². The van der Waals surface area contributed by atoms with E-state index in [9.17, 15) is 0 Å². The molecule has 1 atom stereocenters. The van der Waals surface area contributed by atoms with E-state index in [0.29, 0.717) is 4.83 Å². The van der Waals surface area contributed by atoms with Crippen LogP contribution in [0.1, 0.15) is 28.7 Å². The van der Waals surface area contributed by atoms with Gasteiger partial charge in [-0.1, -0.05) is 34.2 Å². The van der Waals surface area contributed by atoms with Crippen LogP contribution in [0.4, 0.5) is 0 Å². The molecule has 0 N–H and O–H groups in total. The second-order valence-corrected chi connectivity index (χ2v) is 6.34. The van der Waals surface area contributed by atoms with E-state index in [1.165, 1.54) is 10.4 Å². The zero-order valence-corrected chi connectivity index (χ0v) is 11.7. The fourth-order valence-corrected chi connectivity index (χ4v) is 3.41. The number of hydrogen-bond donors (Lipinski definition) is 0. The van der Waals surface area contributed by atoms with Crippen LogP contribution >= 0.6 is 38.6 Å². The summed E-state index contributed by atoms with van der Waals surface area (Å²) in [6.07, 6.45) is 1.04. The van der Waals surface area contributed by atoms with Crippen LogP contribution in [0.25, 0.3) is 9.88 Å². The first-order valence-corrected chi connectivity index (χ1v) is 7.35. The summed E-state index contributed by atoms with van der Waals surface area (Å²) in [5.41, 5.74) is 1.29. The first-order chi connectivity index (χ1) is 7.20. The fraction of sp³-hybridized carbons (Fsp3) is 0.400. The Morgan fingerprint density at radius 1 is 1.47 bits per heavy atom. The molecule has 0 aromatic carbocycles. The first-order valence-electron chi connectivity index (χ1n) is 4.73. The number of alkyl halides is 1. The van der Waals surface area contributed by atoms with E-state index >= 15 is 0 Å². The van der Waals surface area contributed by atoms with Gasteiger partial charge in [-0.25, -0.2) is 0 Å². The lowest BCUT2D eigenvalue weighted by Gasteiger charge is -1.97. The van der Waals surface area contributed by atoms with Crippen molar-refractivity contribution >= 4 is 38.6 Å². The topological polar surface area (TPSA) is 25.8 Å². The highest BCUT2D eigenvalue weighted by Gasteiger charge is 2.13. The van der Waals surface area contributed by atoms with Crippen LogP contribution in [0.3, 0.4) is 0 Å². The third-order valence-electron chi connectivity index (χ3n) is 2.01. The predicted octanol–water partition coefficient (Wildman–Crippen LogP) is 4.42. The molecular formula is C10H11BrN2S2. The molecule has 0 bridgehead atoms. The van der Waals surface area contributed by atoms with Crippen molar-refractivity contribution in [2.75, 3.05) is 0 Å². The first kappa shape index (κ1) is 11.2. The monoisotopic (exact) mass is 302 g/mol. The molecule has 15 heavy (non-hydrogen) atoms. The van der Waals surface area contributed by atoms with E-state index in [1.54, 1.807) is 22.7 Å². The van der Waals surface area contributed by atoms with Gasteiger partial charge in [-0.2, -0.15) is 0 Å². The smallest absolute Gasteiger partial charge is 0.142 e. The average molecular weight is 303 g/mol. The third-order valence-corrected chi connectivity index (χ3v) is 5.65. The second kappa shape index (κ2) is 4.72. The maximum absolute atomic E-state index is 4.22. The van der Waals surface area contributed by atoms with Gasteiger partial charge in [-0.05, 0) is 30.4 Å². The van der Waals surface area contributed by atoms with Crippen molar-refractivity contribution in [3.05, 3.63) is 22.0 Å². The highest BCUT2D eigenvalue weighted by molar-refractivity contribution is 9.09. The fourth-order valence-electron chi connectivity index (χ4n) is 1.18. The molecule has 0 aliphatic carbocycles. The van der Waals surface area contributed by atoms with Crippen LogP contribution in [0.2, 0.25) is 0 Å². The lowest BCUT2D eigenvalue weighted by molar-refractivity contribution is 0.870. The number of nitrogens with zero attached hydrogens (tertiary/aromatic N) is 2. The highest BCUT2D eigenvalue weighted by atomic mass is 79.9. The number of halogens is 1. The van der Waals surface area contributed by atoms with E-state index < -0.39 is 0 Å². The zero-order chi connectivity index (χ0) is 10.8. The molecule has 1 unspecified atom stereocenters. The molecular weight excluding hydrogens is 292 g/mol. The molecule has 2 aromatic heterocycles. The van der Waals surface area contributed by atoms with Gasteiger partial charge in [0.25, 0.3) is 0 Å². The Morgan fingerprint density at radius 2 is 2.27 bits per heavy atom. The molecule has 0 aliphatic rings. The van der Waals surface area contributed by atoms with Crippen LogP contribution < -0.4 is 0 Å². The summed E-state index contributed by atoms with van der Waals surface area (Å²) in [7, 11) is 0. The van der Waals surface area contributed by atoms with Crippen LogP contribution in [-0.4, -0.2) is 10.2 Å². The van der Waals surface area contributed by atoms with E-state index in [4.69, 9.17) is 0 Å². The van der Waals surface area contributed by atoms with Crippen molar-refractivity contribution in [1.29, 1.82) is 0 Å². The molecule has 2 nitrogen and oxygen atoms in total. The summed E-state index contributed by atoms with van der Waals surface area (Å²) in [5.74, 6) is 0. The maximum atomic E-state index is 4.22. The molecule has 0 saturated carbocycles. The van der Waals surface area contributed by atoms with Crippen molar-refractivity contribution < 1.29 is 0 Å². The summed E-state index contributed by atoms with van der Waals surface area (Å²) in [6.45, 7) is 4.23. The number of thiophene rings is 1. The van der Waals surface area contributed by atoms with Crippen LogP contribution in [-0.2, 0) is 0 Å². The van der Waals surface area contributed by atoms with Gasteiger partial charge in [-0.3, -0.25) is 0 Å². The normalized spacial score (nSPS) is 13.0. The number of hydrogen-bond acceptors (Lipinski definition) is 4. The summed E-state index contributed by atoms with van der Waals surface area (Å²) < 4.78 is 0. The molecule has 2 aromatic rings. The van der Waals surface area contributed by atoms with Crippen molar-refractivity contribution in [2.45, 2.75) is 25.1 Å². The maximum Gasteiger partial charge on any atom is 0.157 e. The molecule has 0 radical (unpaired) electrons. The summed E-state index contributed by atoms with van der Waals surface area (Å²) >= 11 is 6.99. The van der Waals surface area contributed by atoms with Crippen molar-refractivity contribution in [1.82, 2.24) is 10.2 Å². The minimum atomic E-state index is 0.338. The Morgan fingerprint density at radius 3 is 2.87 bits per heavy atom. The van der Waals surface area contributed by atoms with Crippen molar-refractivity contribution in [2.24, 2.45) is 0 Å². The summed E-state index contributed by atoms with van der Waals surface area (Å²) in [6, 6.07) is 2.16. The highest BCUT2D eigenvalue weighted by Crippen LogP contribution is 2.34. The Bertz CT molecular complexity index is 450. The van der Waals surface area contributed by atoms with Crippen molar-refractivity contribution in [3.63, 3.8) is 0 Å². The predicted molar refractivity (Wildman–Crippen MR) is 69.9 cm³/mol.